The largest absolute Gasteiger partial charge is 0.490 e. The summed E-state index contributed by atoms with van der Waals surface area (Å²) >= 11 is 0. The first kappa shape index (κ1) is 21.3. The molecule has 30 heavy (non-hydrogen) atoms. The molecule has 0 bridgehead atoms. The van der Waals surface area contributed by atoms with Crippen LogP contribution in [0, 0.1) is 0 Å². The molecule has 0 atom stereocenters. The Balaban J connectivity index is 1.51. The van der Waals surface area contributed by atoms with Crippen LogP contribution in [0.3, 0.4) is 0 Å². The molecule has 0 aliphatic carbocycles. The first-order chi connectivity index (χ1) is 14.6. The summed E-state index contributed by atoms with van der Waals surface area (Å²) in [6, 6.07) is 12.8. The van der Waals surface area contributed by atoms with Crippen molar-refractivity contribution in [2.45, 2.75) is 33.2 Å². The van der Waals surface area contributed by atoms with Crippen molar-refractivity contribution in [3.8, 4) is 11.5 Å². The Hall–Kier alpha value is -3.42. The SMILES string of the molecule is CCOc1ccc(CCNC(=O)CCn2nnc3ccccc3c2=O)cc1OCC. The number of aromatic nitrogens is 3. The lowest BCUT2D eigenvalue weighted by Gasteiger charge is -2.12. The molecular formula is C22H26N4O4. The van der Waals surface area contributed by atoms with Gasteiger partial charge in [-0.2, -0.15) is 0 Å². The Labute approximate surface area is 174 Å². The number of aryl methyl sites for hydroxylation is 1. The topological polar surface area (TPSA) is 95.3 Å². The Morgan fingerprint density at radius 3 is 2.63 bits per heavy atom. The number of amides is 1. The third-order valence-electron chi connectivity index (χ3n) is 4.52. The van der Waals surface area contributed by atoms with Crippen LogP contribution < -0.4 is 20.3 Å². The predicted octanol–water partition coefficient (Wildman–Crippen LogP) is 2.34. The Morgan fingerprint density at radius 2 is 1.83 bits per heavy atom. The molecule has 1 heterocycles. The molecule has 3 rings (SSSR count). The highest BCUT2D eigenvalue weighted by molar-refractivity contribution is 5.77. The van der Waals surface area contributed by atoms with Gasteiger partial charge in [0.15, 0.2) is 11.5 Å². The molecule has 0 saturated carbocycles. The zero-order valence-electron chi connectivity index (χ0n) is 17.3. The fourth-order valence-corrected chi connectivity index (χ4v) is 3.06. The van der Waals surface area contributed by atoms with Gasteiger partial charge in [-0.15, -0.1) is 5.10 Å². The molecule has 0 aliphatic heterocycles. The van der Waals surface area contributed by atoms with E-state index in [-0.39, 0.29) is 24.4 Å². The molecule has 0 saturated heterocycles. The van der Waals surface area contributed by atoms with E-state index in [1.54, 1.807) is 24.3 Å². The summed E-state index contributed by atoms with van der Waals surface area (Å²) in [4.78, 5) is 24.6. The van der Waals surface area contributed by atoms with Crippen LogP contribution >= 0.6 is 0 Å². The van der Waals surface area contributed by atoms with Crippen molar-refractivity contribution in [3.05, 3.63) is 58.4 Å². The van der Waals surface area contributed by atoms with Gasteiger partial charge in [0.1, 0.15) is 5.52 Å². The molecule has 0 unspecified atom stereocenters. The first-order valence-corrected chi connectivity index (χ1v) is 10.1. The molecular weight excluding hydrogens is 384 g/mol. The van der Waals surface area contributed by atoms with Crippen LogP contribution in [0.1, 0.15) is 25.8 Å². The van der Waals surface area contributed by atoms with Crippen LogP contribution in [0.2, 0.25) is 0 Å². The molecule has 1 aromatic heterocycles. The summed E-state index contributed by atoms with van der Waals surface area (Å²) in [7, 11) is 0. The molecule has 8 heteroatoms. The molecule has 0 aliphatic rings. The van der Waals surface area contributed by atoms with Gasteiger partial charge in [0.2, 0.25) is 5.91 Å². The molecule has 158 valence electrons. The highest BCUT2D eigenvalue weighted by atomic mass is 16.5. The van der Waals surface area contributed by atoms with Gasteiger partial charge in [0.05, 0.1) is 25.1 Å². The maximum absolute atomic E-state index is 12.4. The number of carbonyl (C=O) groups excluding carboxylic acids is 1. The summed E-state index contributed by atoms with van der Waals surface area (Å²) in [5, 5.41) is 11.3. The number of hydrogen-bond donors (Lipinski definition) is 1. The summed E-state index contributed by atoms with van der Waals surface area (Å²) in [6.45, 7) is 5.64. The number of carbonyl (C=O) groups is 1. The molecule has 2 aromatic carbocycles. The first-order valence-electron chi connectivity index (χ1n) is 10.1. The van der Waals surface area contributed by atoms with E-state index in [0.717, 1.165) is 5.56 Å². The summed E-state index contributed by atoms with van der Waals surface area (Å²) in [5.41, 5.74) is 1.34. The number of hydrogen-bond acceptors (Lipinski definition) is 6. The number of benzene rings is 2. The minimum Gasteiger partial charge on any atom is -0.490 e. The van der Waals surface area contributed by atoms with Gasteiger partial charge in [-0.25, -0.2) is 4.68 Å². The van der Waals surface area contributed by atoms with E-state index < -0.39 is 0 Å². The van der Waals surface area contributed by atoms with E-state index in [1.807, 2.05) is 32.0 Å². The van der Waals surface area contributed by atoms with Crippen molar-refractivity contribution in [3.63, 3.8) is 0 Å². The summed E-state index contributed by atoms with van der Waals surface area (Å²) < 4.78 is 12.4. The second-order valence-electron chi connectivity index (χ2n) is 6.63. The van der Waals surface area contributed by atoms with Gasteiger partial charge in [0, 0.05) is 13.0 Å². The Kier molecular flexibility index (Phi) is 7.37. The van der Waals surface area contributed by atoms with Crippen molar-refractivity contribution >= 4 is 16.8 Å². The minimum absolute atomic E-state index is 0.146. The van der Waals surface area contributed by atoms with Crippen LogP contribution in [-0.4, -0.2) is 40.7 Å². The van der Waals surface area contributed by atoms with Crippen molar-refractivity contribution in [1.82, 2.24) is 20.3 Å². The maximum Gasteiger partial charge on any atom is 0.277 e. The van der Waals surface area contributed by atoms with Crippen molar-refractivity contribution in [1.29, 1.82) is 0 Å². The van der Waals surface area contributed by atoms with Crippen molar-refractivity contribution in [2.24, 2.45) is 0 Å². The number of fused-ring (bicyclic) bond motifs is 1. The average Bonchev–Trinajstić information content (AvgIpc) is 2.75. The van der Waals surface area contributed by atoms with E-state index in [4.69, 9.17) is 9.47 Å². The van der Waals surface area contributed by atoms with Gasteiger partial charge in [-0.05, 0) is 50.1 Å². The third-order valence-corrected chi connectivity index (χ3v) is 4.52. The molecule has 0 fully saturated rings. The highest BCUT2D eigenvalue weighted by Crippen LogP contribution is 2.28. The second kappa shape index (κ2) is 10.4. The fraction of sp³-hybridized carbons (Fsp3) is 0.364. The van der Waals surface area contributed by atoms with E-state index in [2.05, 4.69) is 15.6 Å². The van der Waals surface area contributed by atoms with Gasteiger partial charge in [-0.3, -0.25) is 9.59 Å². The van der Waals surface area contributed by atoms with Crippen LogP contribution in [-0.2, 0) is 17.8 Å². The molecule has 0 radical (unpaired) electrons. The van der Waals surface area contributed by atoms with Crippen LogP contribution in [0.4, 0.5) is 0 Å². The summed E-state index contributed by atoms with van der Waals surface area (Å²) in [5.74, 6) is 1.28. The Morgan fingerprint density at radius 1 is 1.07 bits per heavy atom. The smallest absolute Gasteiger partial charge is 0.277 e. The maximum atomic E-state index is 12.4. The van der Waals surface area contributed by atoms with Gasteiger partial charge in [-0.1, -0.05) is 23.4 Å². The number of ether oxygens (including phenoxy) is 2. The second-order valence-corrected chi connectivity index (χ2v) is 6.63. The monoisotopic (exact) mass is 410 g/mol. The minimum atomic E-state index is -0.244. The normalized spacial score (nSPS) is 10.7. The fourth-order valence-electron chi connectivity index (χ4n) is 3.06. The molecule has 3 aromatic rings. The number of nitrogens with one attached hydrogen (secondary N) is 1. The molecule has 1 amide bonds. The molecule has 8 nitrogen and oxygen atoms in total. The lowest BCUT2D eigenvalue weighted by Crippen LogP contribution is -2.30. The van der Waals surface area contributed by atoms with E-state index in [9.17, 15) is 9.59 Å². The van der Waals surface area contributed by atoms with E-state index in [0.29, 0.717) is 48.6 Å². The third kappa shape index (κ3) is 5.34. The molecule has 0 spiro atoms. The van der Waals surface area contributed by atoms with Gasteiger partial charge in [0.25, 0.3) is 5.56 Å². The van der Waals surface area contributed by atoms with E-state index in [1.165, 1.54) is 4.68 Å². The number of nitrogens with zero attached hydrogens (tertiary/aromatic N) is 3. The van der Waals surface area contributed by atoms with Crippen LogP contribution in [0.15, 0.2) is 47.3 Å². The highest BCUT2D eigenvalue weighted by Gasteiger charge is 2.09. The van der Waals surface area contributed by atoms with Gasteiger partial charge < -0.3 is 14.8 Å². The predicted molar refractivity (Wildman–Crippen MR) is 114 cm³/mol. The average molecular weight is 410 g/mol. The Bertz CT molecular complexity index is 1060. The quantitative estimate of drug-likeness (QED) is 0.551. The zero-order chi connectivity index (χ0) is 21.3. The number of rotatable bonds is 10. The van der Waals surface area contributed by atoms with E-state index >= 15 is 0 Å². The van der Waals surface area contributed by atoms with Crippen LogP contribution in [0.25, 0.3) is 10.9 Å². The van der Waals surface area contributed by atoms with Crippen molar-refractivity contribution < 1.29 is 14.3 Å². The van der Waals surface area contributed by atoms with Crippen LogP contribution in [0.5, 0.6) is 11.5 Å². The standard InChI is InChI=1S/C22H26N4O4/c1-3-29-19-10-9-16(15-20(19)30-4-2)11-13-23-21(27)12-14-26-22(28)17-7-5-6-8-18(17)24-25-26/h5-10,15H,3-4,11-14H2,1-2H3,(H,23,27). The van der Waals surface area contributed by atoms with Gasteiger partial charge >= 0.3 is 0 Å². The zero-order valence-corrected chi connectivity index (χ0v) is 17.3. The lowest BCUT2D eigenvalue weighted by atomic mass is 10.1. The molecule has 1 N–H and O–H groups in total. The van der Waals surface area contributed by atoms with Crippen molar-refractivity contribution in [2.75, 3.05) is 19.8 Å². The lowest BCUT2D eigenvalue weighted by molar-refractivity contribution is -0.121. The summed E-state index contributed by atoms with van der Waals surface area (Å²) in [6.07, 6.45) is 0.814.